The smallest absolute Gasteiger partial charge is 0.138 e. The van der Waals surface area contributed by atoms with E-state index in [2.05, 4.69) is 62.4 Å². The van der Waals surface area contributed by atoms with Crippen LogP contribution >= 0.6 is 0 Å². The second-order valence-corrected chi connectivity index (χ2v) is 15.4. The molecule has 0 N–H and O–H groups in total. The molecule has 0 unspecified atom stereocenters. The third kappa shape index (κ3) is 4.48. The van der Waals surface area contributed by atoms with Crippen molar-refractivity contribution < 1.29 is 0 Å². The first-order chi connectivity index (χ1) is 5.69. The molecule has 0 spiro atoms. The fourth-order valence-electron chi connectivity index (χ4n) is 1.60. The first-order valence-electron chi connectivity index (χ1n) is 4.78. The number of hydrogen-bond acceptors (Lipinski definition) is 1. The summed E-state index contributed by atoms with van der Waals surface area (Å²) in [4.78, 5) is 0. The van der Waals surface area contributed by atoms with Crippen LogP contribution in [0.2, 0.25) is 39.3 Å². The van der Waals surface area contributed by atoms with E-state index in [0.29, 0.717) is 0 Å². The molecule has 3 heteroatoms. The van der Waals surface area contributed by atoms with Crippen LogP contribution in [-0.2, 0) is 0 Å². The van der Waals surface area contributed by atoms with E-state index < -0.39 is 16.5 Å². The van der Waals surface area contributed by atoms with Gasteiger partial charge in [0.2, 0.25) is 0 Å². The summed E-state index contributed by atoms with van der Waals surface area (Å²) in [7, 11) is -2.40. The summed E-state index contributed by atoms with van der Waals surface area (Å²) in [5.41, 5.74) is 0. The minimum Gasteiger partial charge on any atom is -0.431 e. The Kier molecular flexibility index (Phi) is 4.19. The van der Waals surface area contributed by atoms with Crippen LogP contribution in [0.3, 0.4) is 0 Å². The molecule has 0 saturated heterocycles. The van der Waals surface area contributed by atoms with Gasteiger partial charge in [-0.25, -0.2) is 0 Å². The van der Waals surface area contributed by atoms with Crippen LogP contribution in [0.15, 0.2) is 24.9 Å². The van der Waals surface area contributed by atoms with E-state index in [1.165, 1.54) is 0 Å². The maximum Gasteiger partial charge on any atom is 0.138 e. The van der Waals surface area contributed by atoms with Gasteiger partial charge in [0, 0.05) is 0 Å². The standard InChI is InChI=1S/C10H23NSi2/c1-8-9-10-11(12(2,3)4)13(5,6)7/h8-10H,1H2,2-7H3/b10-9+. The van der Waals surface area contributed by atoms with Gasteiger partial charge in [-0.3, -0.25) is 0 Å². The molecule has 76 valence electrons. The largest absolute Gasteiger partial charge is 0.431 e. The second-order valence-electron chi connectivity index (χ2n) is 5.29. The minimum atomic E-state index is -1.20. The fraction of sp³-hybridized carbons (Fsp3) is 0.600. The van der Waals surface area contributed by atoms with Gasteiger partial charge >= 0.3 is 0 Å². The van der Waals surface area contributed by atoms with Gasteiger partial charge in [0.15, 0.2) is 0 Å². The molecule has 0 atom stereocenters. The molecule has 1 nitrogen and oxygen atoms in total. The molecule has 0 aromatic rings. The van der Waals surface area contributed by atoms with Crippen molar-refractivity contribution in [2.24, 2.45) is 0 Å². The van der Waals surface area contributed by atoms with E-state index in [0.717, 1.165) is 0 Å². The zero-order valence-electron chi connectivity index (χ0n) is 9.89. The molecule has 0 aromatic carbocycles. The summed E-state index contributed by atoms with van der Waals surface area (Å²) >= 11 is 0. The van der Waals surface area contributed by atoms with E-state index in [9.17, 15) is 0 Å². The van der Waals surface area contributed by atoms with Crippen molar-refractivity contribution in [2.45, 2.75) is 39.3 Å². The quantitative estimate of drug-likeness (QED) is 0.509. The Morgan fingerprint density at radius 3 is 1.54 bits per heavy atom. The number of allylic oxidation sites excluding steroid dienone is 2. The predicted molar refractivity (Wildman–Crippen MR) is 67.9 cm³/mol. The van der Waals surface area contributed by atoms with Crippen LogP contribution in [0.25, 0.3) is 0 Å². The average molecular weight is 213 g/mol. The molecule has 0 saturated carbocycles. The van der Waals surface area contributed by atoms with E-state index in [-0.39, 0.29) is 0 Å². The Bertz CT molecular complexity index is 182. The molecule has 0 heterocycles. The van der Waals surface area contributed by atoms with Crippen LogP contribution < -0.4 is 0 Å². The Balaban J connectivity index is 4.77. The van der Waals surface area contributed by atoms with Gasteiger partial charge in [-0.1, -0.05) is 51.9 Å². The Labute approximate surface area is 85.3 Å². The predicted octanol–water partition coefficient (Wildman–Crippen LogP) is 3.66. The molecule has 0 bridgehead atoms. The molecule has 0 fully saturated rings. The maximum absolute atomic E-state index is 3.71. The summed E-state index contributed by atoms with van der Waals surface area (Å²) in [5.74, 6) is 0. The molecule has 0 aliphatic heterocycles. The Hall–Kier alpha value is -0.286. The van der Waals surface area contributed by atoms with Gasteiger partial charge in [-0.05, 0) is 12.3 Å². The van der Waals surface area contributed by atoms with Gasteiger partial charge in [-0.15, -0.1) is 0 Å². The monoisotopic (exact) mass is 213 g/mol. The highest BCUT2D eigenvalue weighted by Crippen LogP contribution is 2.19. The SMILES string of the molecule is C=C/C=C/N([Si](C)(C)C)[Si](C)(C)C. The Morgan fingerprint density at radius 2 is 1.31 bits per heavy atom. The molecule has 0 rings (SSSR count). The highest BCUT2D eigenvalue weighted by atomic mass is 28.4. The lowest BCUT2D eigenvalue weighted by molar-refractivity contribution is 0.831. The summed E-state index contributed by atoms with van der Waals surface area (Å²) in [6.45, 7) is 18.0. The van der Waals surface area contributed by atoms with Crippen LogP contribution in [0, 0.1) is 0 Å². The molecule has 0 aliphatic rings. The first kappa shape index (κ1) is 12.7. The lowest BCUT2D eigenvalue weighted by Crippen LogP contribution is -2.55. The van der Waals surface area contributed by atoms with Crippen molar-refractivity contribution in [3.63, 3.8) is 0 Å². The van der Waals surface area contributed by atoms with Crippen molar-refractivity contribution in [3.05, 3.63) is 24.9 Å². The van der Waals surface area contributed by atoms with Gasteiger partial charge < -0.3 is 4.23 Å². The molecule has 0 aromatic heterocycles. The van der Waals surface area contributed by atoms with Crippen LogP contribution in [-0.4, -0.2) is 20.7 Å². The van der Waals surface area contributed by atoms with Crippen molar-refractivity contribution in [3.8, 4) is 0 Å². The summed E-state index contributed by atoms with van der Waals surface area (Å²) in [5, 5.41) is 0. The van der Waals surface area contributed by atoms with Crippen molar-refractivity contribution in [1.29, 1.82) is 0 Å². The van der Waals surface area contributed by atoms with Crippen LogP contribution in [0.1, 0.15) is 0 Å². The summed E-state index contributed by atoms with van der Waals surface area (Å²) < 4.78 is 2.61. The number of hydrogen-bond donors (Lipinski definition) is 0. The molecule has 0 radical (unpaired) electrons. The first-order valence-corrected chi connectivity index (χ1v) is 11.7. The highest BCUT2D eigenvalue weighted by molar-refractivity contribution is 6.89. The molecule has 0 aliphatic carbocycles. The van der Waals surface area contributed by atoms with Crippen LogP contribution in [0.5, 0.6) is 0 Å². The third-order valence-corrected chi connectivity index (χ3v) is 9.03. The van der Waals surface area contributed by atoms with E-state index >= 15 is 0 Å². The zero-order valence-corrected chi connectivity index (χ0v) is 11.9. The van der Waals surface area contributed by atoms with Gasteiger partial charge in [0.25, 0.3) is 0 Å². The lowest BCUT2D eigenvalue weighted by Gasteiger charge is -2.43. The van der Waals surface area contributed by atoms with Crippen molar-refractivity contribution >= 4 is 16.5 Å². The molecule has 13 heavy (non-hydrogen) atoms. The van der Waals surface area contributed by atoms with Crippen molar-refractivity contribution in [1.82, 2.24) is 4.23 Å². The lowest BCUT2D eigenvalue weighted by atomic mass is 10.6. The van der Waals surface area contributed by atoms with Crippen molar-refractivity contribution in [2.75, 3.05) is 0 Å². The maximum atomic E-state index is 3.71. The number of rotatable bonds is 4. The highest BCUT2D eigenvalue weighted by Gasteiger charge is 2.31. The normalized spacial score (nSPS) is 13.4. The van der Waals surface area contributed by atoms with Gasteiger partial charge in [0.05, 0.1) is 0 Å². The Morgan fingerprint density at radius 1 is 0.923 bits per heavy atom. The second kappa shape index (κ2) is 4.29. The van der Waals surface area contributed by atoms with Gasteiger partial charge in [-0.2, -0.15) is 0 Å². The fourth-order valence-corrected chi connectivity index (χ4v) is 10.7. The average Bonchev–Trinajstić information content (AvgIpc) is 1.81. The summed E-state index contributed by atoms with van der Waals surface area (Å²) in [6.07, 6.45) is 6.13. The third-order valence-electron chi connectivity index (χ3n) is 1.82. The summed E-state index contributed by atoms with van der Waals surface area (Å²) in [6, 6.07) is 0. The zero-order chi connectivity index (χ0) is 10.7. The molecular weight excluding hydrogens is 190 g/mol. The van der Waals surface area contributed by atoms with Crippen LogP contribution in [0.4, 0.5) is 0 Å². The van der Waals surface area contributed by atoms with E-state index in [1.54, 1.807) is 0 Å². The molecule has 0 amide bonds. The van der Waals surface area contributed by atoms with E-state index in [4.69, 9.17) is 0 Å². The molecular formula is C10H23NSi2. The topological polar surface area (TPSA) is 3.24 Å². The van der Waals surface area contributed by atoms with E-state index in [1.807, 2.05) is 6.08 Å². The minimum absolute atomic E-state index is 1.20. The number of nitrogens with zero attached hydrogens (tertiary/aromatic N) is 1. The van der Waals surface area contributed by atoms with Gasteiger partial charge in [0.1, 0.15) is 16.5 Å².